The Kier molecular flexibility index (Phi) is 5.03. The van der Waals surface area contributed by atoms with Crippen LogP contribution in [0.4, 0.5) is 11.4 Å². The van der Waals surface area contributed by atoms with Gasteiger partial charge in [-0.3, -0.25) is 4.79 Å². The van der Waals surface area contributed by atoms with Crippen LogP contribution in [0.2, 0.25) is 0 Å². The van der Waals surface area contributed by atoms with Gasteiger partial charge >= 0.3 is 5.97 Å². The highest BCUT2D eigenvalue weighted by Gasteiger charge is 2.23. The van der Waals surface area contributed by atoms with Crippen molar-refractivity contribution in [3.05, 3.63) is 59.7 Å². The molecule has 1 N–H and O–H groups in total. The Balaban J connectivity index is 1.80. The second kappa shape index (κ2) is 7.38. The lowest BCUT2D eigenvalue weighted by molar-refractivity contribution is -0.141. The molecule has 2 aromatic carbocycles. The quantitative estimate of drug-likeness (QED) is 0.852. The van der Waals surface area contributed by atoms with Gasteiger partial charge in [0.05, 0.1) is 7.11 Å². The molecule has 0 aromatic heterocycles. The van der Waals surface area contributed by atoms with Crippen molar-refractivity contribution in [1.82, 2.24) is 0 Å². The molecule has 0 bridgehead atoms. The highest BCUT2D eigenvalue weighted by molar-refractivity contribution is 5.96. The highest BCUT2D eigenvalue weighted by Crippen LogP contribution is 2.29. The maximum absolute atomic E-state index is 12.2. The standard InChI is InChI=1S/C20H22N2O3/c1-22-18-10-9-16(13-15(18)8-11-19(22)23)21-17(20(24)25-2)12-14-6-4-3-5-7-14/h3-7,9-10,13,17,21H,8,11-12H2,1-2H3/t17-/m0/s1. The number of hydrogen-bond acceptors (Lipinski definition) is 4. The Hall–Kier alpha value is -2.82. The molecule has 3 rings (SSSR count). The number of fused-ring (bicyclic) bond motifs is 1. The first-order valence-corrected chi connectivity index (χ1v) is 8.36. The fourth-order valence-electron chi connectivity index (χ4n) is 3.13. The Bertz CT molecular complexity index is 774. The zero-order valence-electron chi connectivity index (χ0n) is 14.5. The van der Waals surface area contributed by atoms with Crippen molar-refractivity contribution in [2.75, 3.05) is 24.4 Å². The van der Waals surface area contributed by atoms with Crippen molar-refractivity contribution in [3.8, 4) is 0 Å². The molecule has 5 heteroatoms. The number of ether oxygens (including phenoxy) is 1. The van der Waals surface area contributed by atoms with Gasteiger partial charge in [0.15, 0.2) is 0 Å². The second-order valence-corrected chi connectivity index (χ2v) is 6.21. The van der Waals surface area contributed by atoms with Crippen LogP contribution in [-0.4, -0.2) is 32.1 Å². The molecular formula is C20H22N2O3. The number of esters is 1. The molecule has 2 aromatic rings. The van der Waals surface area contributed by atoms with Gasteiger partial charge in [-0.15, -0.1) is 0 Å². The van der Waals surface area contributed by atoms with Crippen molar-refractivity contribution in [2.45, 2.75) is 25.3 Å². The van der Waals surface area contributed by atoms with Gasteiger partial charge < -0.3 is 15.0 Å². The largest absolute Gasteiger partial charge is 0.467 e. The van der Waals surface area contributed by atoms with Crippen LogP contribution in [0.3, 0.4) is 0 Å². The van der Waals surface area contributed by atoms with Gasteiger partial charge in [0, 0.05) is 31.3 Å². The topological polar surface area (TPSA) is 58.6 Å². The van der Waals surface area contributed by atoms with E-state index in [-0.39, 0.29) is 11.9 Å². The number of aryl methyl sites for hydroxylation is 1. The SMILES string of the molecule is COC(=O)[C@H](Cc1ccccc1)Nc1ccc2c(c1)CCC(=O)N2C. The number of carbonyl (C=O) groups is 2. The molecule has 0 fully saturated rings. The molecule has 1 heterocycles. The van der Waals surface area contributed by atoms with Crippen LogP contribution in [0.15, 0.2) is 48.5 Å². The Morgan fingerprint density at radius 3 is 2.68 bits per heavy atom. The van der Waals surface area contributed by atoms with Gasteiger partial charge in [-0.05, 0) is 35.7 Å². The molecule has 0 saturated carbocycles. The molecule has 130 valence electrons. The van der Waals surface area contributed by atoms with E-state index < -0.39 is 6.04 Å². The Labute approximate surface area is 147 Å². The monoisotopic (exact) mass is 338 g/mol. The third-order valence-electron chi connectivity index (χ3n) is 4.53. The summed E-state index contributed by atoms with van der Waals surface area (Å²) < 4.78 is 4.95. The van der Waals surface area contributed by atoms with Gasteiger partial charge in [0.2, 0.25) is 5.91 Å². The molecule has 1 atom stereocenters. The van der Waals surface area contributed by atoms with Crippen molar-refractivity contribution in [2.24, 2.45) is 0 Å². The molecule has 25 heavy (non-hydrogen) atoms. The normalized spacial score (nSPS) is 14.6. The van der Waals surface area contributed by atoms with E-state index in [9.17, 15) is 9.59 Å². The summed E-state index contributed by atoms with van der Waals surface area (Å²) in [6, 6.07) is 15.2. The fraction of sp³-hybridized carbons (Fsp3) is 0.300. The summed E-state index contributed by atoms with van der Waals surface area (Å²) in [4.78, 5) is 25.7. The number of rotatable bonds is 5. The molecule has 0 saturated heterocycles. The first-order valence-electron chi connectivity index (χ1n) is 8.36. The summed E-state index contributed by atoms with van der Waals surface area (Å²) in [5.74, 6) is -0.168. The van der Waals surface area contributed by atoms with Crippen molar-refractivity contribution >= 4 is 23.3 Å². The fourth-order valence-corrected chi connectivity index (χ4v) is 3.13. The maximum Gasteiger partial charge on any atom is 0.328 e. The number of hydrogen-bond donors (Lipinski definition) is 1. The van der Waals surface area contributed by atoms with E-state index in [0.717, 1.165) is 28.9 Å². The van der Waals surface area contributed by atoms with E-state index in [1.807, 2.05) is 48.5 Å². The van der Waals surface area contributed by atoms with Crippen LogP contribution in [0.1, 0.15) is 17.5 Å². The molecule has 1 amide bonds. The molecule has 0 radical (unpaired) electrons. The van der Waals surface area contributed by atoms with Crippen molar-refractivity contribution < 1.29 is 14.3 Å². The van der Waals surface area contributed by atoms with E-state index in [0.29, 0.717) is 12.8 Å². The molecule has 5 nitrogen and oxygen atoms in total. The number of benzene rings is 2. The van der Waals surface area contributed by atoms with E-state index in [1.54, 1.807) is 11.9 Å². The first kappa shape index (κ1) is 17.0. The minimum atomic E-state index is -0.464. The lowest BCUT2D eigenvalue weighted by Crippen LogP contribution is -2.33. The number of nitrogens with zero attached hydrogens (tertiary/aromatic N) is 1. The predicted octanol–water partition coefficient (Wildman–Crippen LogP) is 2.79. The number of nitrogens with one attached hydrogen (secondary N) is 1. The minimum absolute atomic E-state index is 0.129. The van der Waals surface area contributed by atoms with Gasteiger partial charge in [0.1, 0.15) is 6.04 Å². The molecule has 0 unspecified atom stereocenters. The van der Waals surface area contributed by atoms with E-state index in [4.69, 9.17) is 4.74 Å². The van der Waals surface area contributed by atoms with Crippen LogP contribution >= 0.6 is 0 Å². The number of anilines is 2. The smallest absolute Gasteiger partial charge is 0.328 e. The van der Waals surface area contributed by atoms with Crippen molar-refractivity contribution in [1.29, 1.82) is 0 Å². The summed E-state index contributed by atoms with van der Waals surface area (Å²) in [6.07, 6.45) is 1.77. The average molecular weight is 338 g/mol. The molecule has 0 spiro atoms. The summed E-state index contributed by atoms with van der Waals surface area (Å²) in [5, 5.41) is 3.28. The maximum atomic E-state index is 12.2. The first-order chi connectivity index (χ1) is 12.1. The van der Waals surface area contributed by atoms with Crippen LogP contribution in [0.25, 0.3) is 0 Å². The molecule has 0 aliphatic carbocycles. The number of carbonyl (C=O) groups excluding carboxylic acids is 2. The van der Waals surface area contributed by atoms with E-state index >= 15 is 0 Å². The van der Waals surface area contributed by atoms with Crippen LogP contribution in [-0.2, 0) is 27.2 Å². The molecule has 1 aliphatic rings. The lowest BCUT2D eigenvalue weighted by atomic mass is 10.00. The zero-order chi connectivity index (χ0) is 17.8. The Morgan fingerprint density at radius 2 is 1.96 bits per heavy atom. The van der Waals surface area contributed by atoms with E-state index in [2.05, 4.69) is 5.32 Å². The summed E-state index contributed by atoms with van der Waals surface area (Å²) in [6.45, 7) is 0. The average Bonchev–Trinajstić information content (AvgIpc) is 2.64. The molecular weight excluding hydrogens is 316 g/mol. The lowest BCUT2D eigenvalue weighted by Gasteiger charge is -2.27. The third-order valence-corrected chi connectivity index (χ3v) is 4.53. The van der Waals surface area contributed by atoms with Crippen LogP contribution < -0.4 is 10.2 Å². The van der Waals surface area contributed by atoms with Gasteiger partial charge in [0.25, 0.3) is 0 Å². The van der Waals surface area contributed by atoms with Crippen LogP contribution in [0.5, 0.6) is 0 Å². The second-order valence-electron chi connectivity index (χ2n) is 6.21. The van der Waals surface area contributed by atoms with Gasteiger partial charge in [-0.2, -0.15) is 0 Å². The van der Waals surface area contributed by atoms with E-state index in [1.165, 1.54) is 7.11 Å². The highest BCUT2D eigenvalue weighted by atomic mass is 16.5. The predicted molar refractivity (Wildman–Crippen MR) is 97.7 cm³/mol. The summed E-state index contributed by atoms with van der Waals surface area (Å²) >= 11 is 0. The zero-order valence-corrected chi connectivity index (χ0v) is 14.5. The van der Waals surface area contributed by atoms with Gasteiger partial charge in [-0.1, -0.05) is 30.3 Å². The summed E-state index contributed by atoms with van der Waals surface area (Å²) in [7, 11) is 3.19. The minimum Gasteiger partial charge on any atom is -0.467 e. The van der Waals surface area contributed by atoms with Gasteiger partial charge in [-0.25, -0.2) is 4.79 Å². The molecule has 1 aliphatic heterocycles. The number of methoxy groups -OCH3 is 1. The third kappa shape index (κ3) is 3.82. The number of amides is 1. The Morgan fingerprint density at radius 1 is 1.20 bits per heavy atom. The summed E-state index contributed by atoms with van der Waals surface area (Å²) in [5.41, 5.74) is 3.96. The van der Waals surface area contributed by atoms with Crippen LogP contribution in [0, 0.1) is 0 Å². The van der Waals surface area contributed by atoms with Crippen molar-refractivity contribution in [3.63, 3.8) is 0 Å².